The summed E-state index contributed by atoms with van der Waals surface area (Å²) in [5, 5.41) is 25.2. The summed E-state index contributed by atoms with van der Waals surface area (Å²) in [5.74, 6) is -3.46. The first-order chi connectivity index (χ1) is 54.5. The van der Waals surface area contributed by atoms with E-state index < -0.39 is 29.8 Å². The number of fused-ring (bicyclic) bond motifs is 12. The van der Waals surface area contributed by atoms with Gasteiger partial charge in [-0.1, -0.05) is 156 Å². The highest BCUT2D eigenvalue weighted by Crippen LogP contribution is 2.40. The van der Waals surface area contributed by atoms with Crippen molar-refractivity contribution in [2.24, 2.45) is 26.5 Å². The summed E-state index contributed by atoms with van der Waals surface area (Å²) in [6.07, 6.45) is 2.84. The highest BCUT2D eigenvalue weighted by atomic mass is 16.7. The molecule has 112 heavy (non-hydrogen) atoms. The van der Waals surface area contributed by atoms with E-state index in [9.17, 15) is 28.8 Å². The molecule has 4 aromatic heterocycles. The molecular weight excluding hydrogens is 1400 g/mol. The molecule has 0 bridgehead atoms. The topological polar surface area (TPSA) is 208 Å². The van der Waals surface area contributed by atoms with Crippen molar-refractivity contribution >= 4 is 146 Å². The van der Waals surface area contributed by atoms with Crippen molar-refractivity contribution in [3.8, 4) is 22.7 Å². The number of carbonyl (C=O) groups excluding carboxylic acids is 6. The number of hydrogen-bond donors (Lipinski definition) is 0. The third-order valence-electron chi connectivity index (χ3n) is 20.6. The molecule has 0 aliphatic heterocycles. The number of hydrogen-bond acceptors (Lipinski definition) is 14. The molecule has 0 amide bonds. The minimum absolute atomic E-state index is 0.162. The normalized spacial score (nSPS) is 12.6. The first-order valence-corrected chi connectivity index (χ1v) is 37.1. The van der Waals surface area contributed by atoms with Crippen LogP contribution in [0.2, 0.25) is 0 Å². The molecule has 18 nitrogen and oxygen atoms in total. The van der Waals surface area contributed by atoms with Gasteiger partial charge in [-0.3, -0.25) is 9.59 Å². The SMILES string of the molecule is CCCCCC(/C(=N/OC(C)=O)c1ccc(-n2c3ccc(C(=O)c4ccc(-n5c6ccccc6c6ccccc65)cc4)cc3c3cc(C(C)=NOC(C)=O)ccc32)cc1)/C(=N/OC(C)=O)c1ccc(-n2c3ccc(C(=O)c4ccc(-n5c6ccccc6c6ccccc65)cc4)cc3c3cc(C(C)=NOC(C)=O)ccc32)cc1. The van der Waals surface area contributed by atoms with Gasteiger partial charge in [-0.05, 0) is 189 Å². The molecule has 0 saturated carbocycles. The maximum atomic E-state index is 14.8. The second kappa shape index (κ2) is 30.4. The van der Waals surface area contributed by atoms with Crippen LogP contribution in [0, 0.1) is 5.92 Å². The summed E-state index contributed by atoms with van der Waals surface area (Å²) in [7, 11) is 0. The van der Waals surface area contributed by atoms with Gasteiger partial charge in [0, 0.05) is 127 Å². The van der Waals surface area contributed by atoms with Crippen LogP contribution in [0.4, 0.5) is 0 Å². The zero-order valence-corrected chi connectivity index (χ0v) is 62.5. The Bertz CT molecular complexity index is 6150. The average Bonchev–Trinajstić information content (AvgIpc) is 1.40. The van der Waals surface area contributed by atoms with Crippen LogP contribution in [-0.4, -0.2) is 76.6 Å². The monoisotopic (exact) mass is 1470 g/mol. The van der Waals surface area contributed by atoms with Crippen molar-refractivity contribution in [1.29, 1.82) is 0 Å². The van der Waals surface area contributed by atoms with Gasteiger partial charge in [-0.15, -0.1) is 0 Å². The molecule has 0 N–H and O–H groups in total. The summed E-state index contributed by atoms with van der Waals surface area (Å²) in [6.45, 7) is 10.8. The number of carbonyl (C=O) groups is 6. The fraction of sp³-hybridized carbons (Fsp3) is 0.128. The molecule has 550 valence electrons. The summed E-state index contributed by atoms with van der Waals surface area (Å²) in [6, 6.07) is 87.1. The van der Waals surface area contributed by atoms with Crippen LogP contribution >= 0.6 is 0 Å². The molecular formula is C94H74N8O10. The largest absolute Gasteiger partial charge is 0.331 e. The number of rotatable bonds is 22. The minimum Gasteiger partial charge on any atom is -0.318 e. The molecule has 12 aromatic carbocycles. The molecule has 0 aliphatic carbocycles. The molecule has 0 radical (unpaired) electrons. The number of nitrogens with zero attached hydrogens (tertiary/aromatic N) is 8. The molecule has 0 aliphatic rings. The number of para-hydroxylation sites is 4. The van der Waals surface area contributed by atoms with E-state index in [0.717, 1.165) is 123 Å². The summed E-state index contributed by atoms with van der Waals surface area (Å²) >= 11 is 0. The predicted molar refractivity (Wildman–Crippen MR) is 442 cm³/mol. The van der Waals surface area contributed by atoms with Crippen LogP contribution in [0.25, 0.3) is 110 Å². The van der Waals surface area contributed by atoms with E-state index in [4.69, 9.17) is 19.4 Å². The van der Waals surface area contributed by atoms with Crippen LogP contribution in [0.5, 0.6) is 0 Å². The van der Waals surface area contributed by atoms with Crippen LogP contribution in [0.3, 0.4) is 0 Å². The van der Waals surface area contributed by atoms with Gasteiger partial charge in [0.2, 0.25) is 0 Å². The molecule has 4 heterocycles. The summed E-state index contributed by atoms with van der Waals surface area (Å²) in [4.78, 5) is 101. The van der Waals surface area contributed by atoms with Crippen LogP contribution in [0.15, 0.2) is 288 Å². The second-order valence-electron chi connectivity index (χ2n) is 27.9. The van der Waals surface area contributed by atoms with Gasteiger partial charge in [0.25, 0.3) is 0 Å². The van der Waals surface area contributed by atoms with Gasteiger partial charge >= 0.3 is 23.9 Å². The summed E-state index contributed by atoms with van der Waals surface area (Å²) < 4.78 is 8.63. The minimum atomic E-state index is -0.726. The van der Waals surface area contributed by atoms with Gasteiger partial charge in [0.1, 0.15) is 0 Å². The maximum Gasteiger partial charge on any atom is 0.331 e. The lowest BCUT2D eigenvalue weighted by Gasteiger charge is -2.22. The van der Waals surface area contributed by atoms with Crippen LogP contribution < -0.4 is 0 Å². The Morgan fingerprint density at radius 1 is 0.277 bits per heavy atom. The molecule has 16 rings (SSSR count). The van der Waals surface area contributed by atoms with Crippen molar-refractivity contribution in [2.45, 2.75) is 74.1 Å². The highest BCUT2D eigenvalue weighted by molar-refractivity contribution is 6.22. The average molecular weight is 1480 g/mol. The summed E-state index contributed by atoms with van der Waals surface area (Å²) in [5.41, 5.74) is 17.0. The fourth-order valence-corrected chi connectivity index (χ4v) is 15.4. The Morgan fingerprint density at radius 2 is 0.527 bits per heavy atom. The molecule has 0 saturated heterocycles. The molecule has 0 atom stereocenters. The van der Waals surface area contributed by atoms with Crippen molar-refractivity contribution in [2.75, 3.05) is 0 Å². The number of aromatic nitrogens is 4. The third kappa shape index (κ3) is 13.7. The van der Waals surface area contributed by atoms with E-state index in [-0.39, 0.29) is 11.6 Å². The van der Waals surface area contributed by atoms with Gasteiger partial charge in [-0.25, -0.2) is 19.2 Å². The van der Waals surface area contributed by atoms with Crippen molar-refractivity contribution < 1.29 is 48.1 Å². The van der Waals surface area contributed by atoms with Gasteiger partial charge in [-0.2, -0.15) is 0 Å². The van der Waals surface area contributed by atoms with E-state index in [2.05, 4.69) is 94.3 Å². The predicted octanol–water partition coefficient (Wildman–Crippen LogP) is 20.5. The van der Waals surface area contributed by atoms with E-state index in [1.54, 1.807) is 13.8 Å². The first-order valence-electron chi connectivity index (χ1n) is 37.1. The number of ketones is 2. The number of unbranched alkanes of at least 4 members (excludes halogenated alkanes) is 2. The Labute approximate surface area is 643 Å². The van der Waals surface area contributed by atoms with Crippen molar-refractivity contribution in [3.63, 3.8) is 0 Å². The number of oxime groups is 4. The maximum absolute atomic E-state index is 14.8. The van der Waals surface area contributed by atoms with Crippen molar-refractivity contribution in [1.82, 2.24) is 18.3 Å². The fourth-order valence-electron chi connectivity index (χ4n) is 15.4. The van der Waals surface area contributed by atoms with E-state index in [1.807, 2.05) is 218 Å². The Morgan fingerprint density at radius 3 is 0.821 bits per heavy atom. The number of benzene rings is 12. The zero-order chi connectivity index (χ0) is 77.4. The van der Waals surface area contributed by atoms with Crippen LogP contribution in [-0.2, 0) is 38.5 Å². The lowest BCUT2D eigenvalue weighted by Crippen LogP contribution is -2.27. The lowest BCUT2D eigenvalue weighted by molar-refractivity contribution is -0.141. The van der Waals surface area contributed by atoms with E-state index in [0.29, 0.717) is 80.2 Å². The second-order valence-corrected chi connectivity index (χ2v) is 27.9. The Balaban J connectivity index is 0.749. The standard InChI is InChI=1S/C94H74N8O10/c1-8-9-10-23-78(91(97-111-60(6)105)62-28-40-70(41-29-62)101-87-48-36-66(56(2)95-109-58(4)103)52-79(87)81-54-68(38-50-89(81)101)93(107)64-32-44-72(45-33-64)99-83-24-15-11-19-74(83)75-20-12-16-25-84(75)99)92(98-112-61(7)106)63-30-42-71(43-31-63)102-88-49-37-67(57(3)96-110-59(5)104)53-80(88)82-55-69(39-51-90(82)102)94(108)65-34-46-73(47-35-65)100-85-26-17-13-21-76(85)77-22-14-18-27-86(77)100/h11-22,24-55,78H,8-10,23H2,1-7H3/b95-56?,96-57?,97-91+,98-92+. The molecule has 16 aromatic rings. The molecule has 0 unspecified atom stereocenters. The van der Waals surface area contributed by atoms with Gasteiger partial charge < -0.3 is 37.6 Å². The zero-order valence-electron chi connectivity index (χ0n) is 62.5. The quantitative estimate of drug-likeness (QED) is 0.0206. The van der Waals surface area contributed by atoms with Gasteiger partial charge in [0.05, 0.1) is 72.9 Å². The van der Waals surface area contributed by atoms with Crippen molar-refractivity contribution in [3.05, 3.63) is 311 Å². The van der Waals surface area contributed by atoms with E-state index >= 15 is 0 Å². The highest BCUT2D eigenvalue weighted by Gasteiger charge is 2.29. The third-order valence-corrected chi connectivity index (χ3v) is 20.6. The van der Waals surface area contributed by atoms with Gasteiger partial charge in [0.15, 0.2) is 11.6 Å². The molecule has 18 heteroatoms. The molecule has 0 spiro atoms. The lowest BCUT2D eigenvalue weighted by atomic mass is 9.84. The molecule has 0 fully saturated rings. The first kappa shape index (κ1) is 72.0. The Kier molecular flexibility index (Phi) is 19.5. The van der Waals surface area contributed by atoms with E-state index in [1.165, 1.54) is 27.7 Å². The van der Waals surface area contributed by atoms with Crippen LogP contribution in [0.1, 0.15) is 128 Å². The smallest absolute Gasteiger partial charge is 0.318 e. The Hall–Kier alpha value is -14.3.